The van der Waals surface area contributed by atoms with Crippen molar-refractivity contribution in [3.05, 3.63) is 28.4 Å². The van der Waals surface area contributed by atoms with Crippen molar-refractivity contribution in [3.63, 3.8) is 0 Å². The van der Waals surface area contributed by atoms with Crippen LogP contribution in [0.15, 0.2) is 6.33 Å². The third kappa shape index (κ3) is 2.59. The smallest absolute Gasteiger partial charge is 0.138 e. The van der Waals surface area contributed by atoms with Gasteiger partial charge < -0.3 is 9.88 Å². The predicted molar refractivity (Wildman–Crippen MR) is 91.9 cm³/mol. The van der Waals surface area contributed by atoms with Gasteiger partial charge in [0.15, 0.2) is 0 Å². The molecular weight excluding hydrogens is 308 g/mol. The van der Waals surface area contributed by atoms with Crippen LogP contribution in [0.3, 0.4) is 0 Å². The second kappa shape index (κ2) is 5.56. The molecular formula is C16H20N6S. The number of fused-ring (bicyclic) bond motifs is 2. The zero-order valence-electron chi connectivity index (χ0n) is 13.6. The molecule has 0 saturated carbocycles. The van der Waals surface area contributed by atoms with Crippen LogP contribution in [0.5, 0.6) is 0 Å². The summed E-state index contributed by atoms with van der Waals surface area (Å²) in [6, 6.07) is 0. The monoisotopic (exact) mass is 328 g/mol. The number of rotatable bonds is 3. The van der Waals surface area contributed by atoms with E-state index in [0.717, 1.165) is 48.2 Å². The highest BCUT2D eigenvalue weighted by molar-refractivity contribution is 7.18. The summed E-state index contributed by atoms with van der Waals surface area (Å²) in [6.45, 7) is 8.15. The zero-order valence-corrected chi connectivity index (χ0v) is 14.4. The topological polar surface area (TPSA) is 68.5 Å². The van der Waals surface area contributed by atoms with Crippen LogP contribution in [-0.2, 0) is 13.0 Å². The van der Waals surface area contributed by atoms with E-state index < -0.39 is 0 Å². The summed E-state index contributed by atoms with van der Waals surface area (Å²) in [7, 11) is 0. The fourth-order valence-electron chi connectivity index (χ4n) is 3.22. The molecule has 0 amide bonds. The van der Waals surface area contributed by atoms with E-state index in [9.17, 15) is 0 Å². The molecule has 1 atom stereocenters. The molecule has 0 aromatic carbocycles. The molecule has 0 aliphatic carbocycles. The largest absolute Gasteiger partial charge is 0.369 e. The van der Waals surface area contributed by atoms with Gasteiger partial charge in [-0.1, -0.05) is 0 Å². The zero-order chi connectivity index (χ0) is 16.0. The second-order valence-corrected chi connectivity index (χ2v) is 7.47. The summed E-state index contributed by atoms with van der Waals surface area (Å²) in [5.41, 5.74) is 1.29. The first-order chi connectivity index (χ1) is 11.1. The maximum absolute atomic E-state index is 4.65. The molecule has 0 saturated heterocycles. The Morgan fingerprint density at radius 1 is 1.30 bits per heavy atom. The SMILES string of the molecule is Cc1nc(NC[C@@H]2CCc3nncn3C2)c2c(C)c(C)sc2n1. The summed E-state index contributed by atoms with van der Waals surface area (Å²) in [5.74, 6) is 3.48. The van der Waals surface area contributed by atoms with Gasteiger partial charge >= 0.3 is 0 Å². The van der Waals surface area contributed by atoms with Crippen molar-refractivity contribution in [2.45, 2.75) is 40.2 Å². The van der Waals surface area contributed by atoms with Crippen LogP contribution < -0.4 is 5.32 Å². The number of thiophene rings is 1. The Morgan fingerprint density at radius 3 is 3.04 bits per heavy atom. The first-order valence-corrected chi connectivity index (χ1v) is 8.78. The summed E-state index contributed by atoms with van der Waals surface area (Å²) >= 11 is 1.75. The van der Waals surface area contributed by atoms with Crippen molar-refractivity contribution in [1.29, 1.82) is 0 Å². The minimum absolute atomic E-state index is 0.573. The molecule has 3 aromatic rings. The number of nitrogens with one attached hydrogen (secondary N) is 1. The first-order valence-electron chi connectivity index (χ1n) is 7.96. The van der Waals surface area contributed by atoms with Crippen LogP contribution in [0.4, 0.5) is 5.82 Å². The van der Waals surface area contributed by atoms with Crippen molar-refractivity contribution in [3.8, 4) is 0 Å². The number of hydrogen-bond acceptors (Lipinski definition) is 6. The third-order valence-corrected chi connectivity index (χ3v) is 5.73. The van der Waals surface area contributed by atoms with E-state index in [-0.39, 0.29) is 0 Å². The fraction of sp³-hybridized carbons (Fsp3) is 0.500. The number of aryl methyl sites for hydroxylation is 4. The lowest BCUT2D eigenvalue weighted by Gasteiger charge is -2.23. The maximum atomic E-state index is 4.65. The lowest BCUT2D eigenvalue weighted by Crippen LogP contribution is -2.26. The second-order valence-electron chi connectivity index (χ2n) is 6.27. The average Bonchev–Trinajstić information content (AvgIpc) is 3.09. The van der Waals surface area contributed by atoms with Crippen molar-refractivity contribution in [2.75, 3.05) is 11.9 Å². The quantitative estimate of drug-likeness (QED) is 0.800. The molecule has 1 aliphatic rings. The summed E-state index contributed by atoms with van der Waals surface area (Å²) < 4.78 is 2.16. The van der Waals surface area contributed by atoms with E-state index in [1.807, 2.05) is 13.3 Å². The normalized spacial score (nSPS) is 17.4. The Balaban J connectivity index is 1.56. The van der Waals surface area contributed by atoms with Crippen LogP contribution in [0.1, 0.15) is 28.5 Å². The summed E-state index contributed by atoms with van der Waals surface area (Å²) in [6.07, 6.45) is 3.97. The molecule has 23 heavy (non-hydrogen) atoms. The minimum atomic E-state index is 0.573. The van der Waals surface area contributed by atoms with Crippen molar-refractivity contribution < 1.29 is 0 Å². The van der Waals surface area contributed by atoms with Gasteiger partial charge in [0.05, 0.1) is 5.39 Å². The predicted octanol–water partition coefficient (Wildman–Crippen LogP) is 2.88. The van der Waals surface area contributed by atoms with Crippen molar-refractivity contribution in [2.24, 2.45) is 5.92 Å². The highest BCUT2D eigenvalue weighted by Gasteiger charge is 2.20. The highest BCUT2D eigenvalue weighted by Crippen LogP contribution is 2.33. The Hall–Kier alpha value is -2.02. The van der Waals surface area contributed by atoms with Crippen LogP contribution in [-0.4, -0.2) is 31.3 Å². The van der Waals surface area contributed by atoms with Crippen molar-refractivity contribution in [1.82, 2.24) is 24.7 Å². The van der Waals surface area contributed by atoms with E-state index in [1.165, 1.54) is 15.8 Å². The average molecular weight is 328 g/mol. The molecule has 0 fully saturated rings. The molecule has 3 aromatic heterocycles. The van der Waals surface area contributed by atoms with Crippen LogP contribution in [0, 0.1) is 26.7 Å². The van der Waals surface area contributed by atoms with E-state index in [0.29, 0.717) is 5.92 Å². The van der Waals surface area contributed by atoms with Gasteiger partial charge in [-0.2, -0.15) is 0 Å². The molecule has 1 N–H and O–H groups in total. The number of anilines is 1. The molecule has 6 nitrogen and oxygen atoms in total. The maximum Gasteiger partial charge on any atom is 0.138 e. The third-order valence-electron chi connectivity index (χ3n) is 4.63. The number of nitrogens with zero attached hydrogens (tertiary/aromatic N) is 5. The molecule has 7 heteroatoms. The lowest BCUT2D eigenvalue weighted by atomic mass is 9.99. The Morgan fingerprint density at radius 2 is 2.17 bits per heavy atom. The van der Waals surface area contributed by atoms with Gasteiger partial charge in [0.1, 0.15) is 28.6 Å². The van der Waals surface area contributed by atoms with Gasteiger partial charge in [-0.25, -0.2) is 9.97 Å². The molecule has 0 spiro atoms. The lowest BCUT2D eigenvalue weighted by molar-refractivity contribution is 0.381. The molecule has 120 valence electrons. The molecule has 0 unspecified atom stereocenters. The van der Waals surface area contributed by atoms with E-state index in [2.05, 4.69) is 43.9 Å². The van der Waals surface area contributed by atoms with Gasteiger partial charge in [0.2, 0.25) is 0 Å². The molecule has 1 aliphatic heterocycles. The van der Waals surface area contributed by atoms with Crippen molar-refractivity contribution >= 4 is 27.4 Å². The molecule has 4 heterocycles. The molecule has 0 bridgehead atoms. The van der Waals surface area contributed by atoms with Crippen LogP contribution in [0.2, 0.25) is 0 Å². The Kier molecular flexibility index (Phi) is 3.52. The van der Waals surface area contributed by atoms with Gasteiger partial charge in [0.25, 0.3) is 0 Å². The minimum Gasteiger partial charge on any atom is -0.369 e. The van der Waals surface area contributed by atoms with E-state index >= 15 is 0 Å². The molecule has 4 rings (SSSR count). The van der Waals surface area contributed by atoms with Gasteiger partial charge in [-0.05, 0) is 38.7 Å². The molecule has 0 radical (unpaired) electrons. The van der Waals surface area contributed by atoms with E-state index in [4.69, 9.17) is 0 Å². The summed E-state index contributed by atoms with van der Waals surface area (Å²) in [5, 5.41) is 12.9. The number of aromatic nitrogens is 5. The highest BCUT2D eigenvalue weighted by atomic mass is 32.1. The van der Waals surface area contributed by atoms with E-state index in [1.54, 1.807) is 11.3 Å². The first kappa shape index (κ1) is 14.6. The van der Waals surface area contributed by atoms with Gasteiger partial charge in [-0.3, -0.25) is 0 Å². The van der Waals surface area contributed by atoms with Gasteiger partial charge in [0, 0.05) is 24.4 Å². The number of hydrogen-bond donors (Lipinski definition) is 1. The van der Waals surface area contributed by atoms with Crippen LogP contribution >= 0.6 is 11.3 Å². The van der Waals surface area contributed by atoms with Crippen LogP contribution in [0.25, 0.3) is 10.2 Å². The fourth-order valence-corrected chi connectivity index (χ4v) is 4.29. The Bertz CT molecular complexity index is 865. The Labute approximate surface area is 139 Å². The summed E-state index contributed by atoms with van der Waals surface area (Å²) in [4.78, 5) is 11.6. The standard InChI is InChI=1S/C16H20N6S/c1-9-10(2)23-16-14(9)15(19-11(3)20-16)17-6-12-4-5-13-21-18-8-22(13)7-12/h8,12H,4-7H2,1-3H3,(H,17,19,20)/t12-/m0/s1. The van der Waals surface area contributed by atoms with Gasteiger partial charge in [-0.15, -0.1) is 21.5 Å².